The molecule has 22 heavy (non-hydrogen) atoms. The lowest BCUT2D eigenvalue weighted by Gasteiger charge is -2.10. The minimum absolute atomic E-state index is 0.204. The van der Waals surface area contributed by atoms with Gasteiger partial charge in [0.05, 0.1) is 5.56 Å². The van der Waals surface area contributed by atoms with Gasteiger partial charge >= 0.3 is 5.97 Å². The van der Waals surface area contributed by atoms with Gasteiger partial charge in [-0.1, -0.05) is 25.9 Å². The van der Waals surface area contributed by atoms with Crippen molar-refractivity contribution in [2.75, 3.05) is 0 Å². The highest BCUT2D eigenvalue weighted by Gasteiger charge is 2.23. The van der Waals surface area contributed by atoms with E-state index in [4.69, 9.17) is 9.63 Å². The van der Waals surface area contributed by atoms with Crippen LogP contribution in [0, 0.1) is 0 Å². The normalized spacial score (nSPS) is 12.0. The molecule has 3 aromatic rings. The van der Waals surface area contributed by atoms with Gasteiger partial charge in [0.1, 0.15) is 12.2 Å². The summed E-state index contributed by atoms with van der Waals surface area (Å²) in [5.74, 6) is 0.317. The molecule has 0 aliphatic carbocycles. The number of nitrogens with zero attached hydrogens (tertiary/aromatic N) is 5. The van der Waals surface area contributed by atoms with Crippen molar-refractivity contribution in [2.24, 2.45) is 0 Å². The molecule has 0 bridgehead atoms. The predicted octanol–water partition coefficient (Wildman–Crippen LogP) is 1.70. The SMILES string of the molecule is CC(C)(C)c1nc(-c2cccn3c(CC(=O)O)nnc23)no1. The highest BCUT2D eigenvalue weighted by atomic mass is 16.5. The van der Waals surface area contributed by atoms with Crippen LogP contribution in [0.25, 0.3) is 17.0 Å². The van der Waals surface area contributed by atoms with Crippen molar-refractivity contribution in [3.05, 3.63) is 30.0 Å². The summed E-state index contributed by atoms with van der Waals surface area (Å²) in [5, 5.41) is 20.9. The van der Waals surface area contributed by atoms with Gasteiger partial charge in [-0.25, -0.2) is 0 Å². The van der Waals surface area contributed by atoms with Crippen LogP contribution in [0.2, 0.25) is 0 Å². The van der Waals surface area contributed by atoms with Crippen molar-refractivity contribution in [2.45, 2.75) is 32.6 Å². The Morgan fingerprint density at radius 2 is 2.14 bits per heavy atom. The number of aliphatic carboxylic acids is 1. The maximum absolute atomic E-state index is 10.9. The van der Waals surface area contributed by atoms with Crippen molar-refractivity contribution in [3.8, 4) is 11.4 Å². The van der Waals surface area contributed by atoms with Crippen molar-refractivity contribution < 1.29 is 14.4 Å². The number of hydrogen-bond donors (Lipinski definition) is 1. The van der Waals surface area contributed by atoms with E-state index in [1.807, 2.05) is 20.8 Å². The van der Waals surface area contributed by atoms with E-state index in [2.05, 4.69) is 20.3 Å². The quantitative estimate of drug-likeness (QED) is 0.784. The number of aromatic nitrogens is 5. The fraction of sp³-hybridized carbons (Fsp3) is 0.357. The summed E-state index contributed by atoms with van der Waals surface area (Å²) in [6.45, 7) is 5.94. The van der Waals surface area contributed by atoms with Crippen molar-refractivity contribution >= 4 is 11.6 Å². The number of rotatable bonds is 3. The molecular weight excluding hydrogens is 286 g/mol. The second kappa shape index (κ2) is 4.90. The Kier molecular flexibility index (Phi) is 3.16. The van der Waals surface area contributed by atoms with Crippen LogP contribution in [0.4, 0.5) is 0 Å². The number of carboxylic acids is 1. The van der Waals surface area contributed by atoms with Crippen LogP contribution < -0.4 is 0 Å². The largest absolute Gasteiger partial charge is 0.481 e. The third-order valence-electron chi connectivity index (χ3n) is 3.12. The molecule has 3 rings (SSSR count). The first kappa shape index (κ1) is 14.2. The van der Waals surface area contributed by atoms with Gasteiger partial charge in [0.2, 0.25) is 11.7 Å². The molecule has 8 heteroatoms. The Bertz CT molecular complexity index is 844. The molecule has 0 unspecified atom stereocenters. The zero-order chi connectivity index (χ0) is 15.9. The van der Waals surface area contributed by atoms with Crippen LogP contribution in [0.3, 0.4) is 0 Å². The molecule has 3 aromatic heterocycles. The van der Waals surface area contributed by atoms with Crippen molar-refractivity contribution in [3.63, 3.8) is 0 Å². The van der Waals surface area contributed by atoms with Crippen molar-refractivity contribution in [1.82, 2.24) is 24.7 Å². The molecule has 0 aromatic carbocycles. The molecule has 0 saturated heterocycles. The standard InChI is InChI=1S/C14H15N5O3/c1-14(2,3)13-15-11(18-22-13)8-5-4-6-19-9(7-10(20)21)16-17-12(8)19/h4-6H,7H2,1-3H3,(H,20,21). The monoisotopic (exact) mass is 301 g/mol. The van der Waals surface area contributed by atoms with Gasteiger partial charge in [-0.15, -0.1) is 10.2 Å². The van der Waals surface area contributed by atoms with E-state index in [-0.39, 0.29) is 11.8 Å². The molecule has 8 nitrogen and oxygen atoms in total. The van der Waals surface area contributed by atoms with Crippen molar-refractivity contribution in [1.29, 1.82) is 0 Å². The molecule has 0 amide bonds. The molecule has 0 atom stereocenters. The average molecular weight is 301 g/mol. The van der Waals surface area contributed by atoms with Crippen LogP contribution in [0.15, 0.2) is 22.9 Å². The minimum atomic E-state index is -0.964. The third kappa shape index (κ3) is 2.43. The second-order valence-corrected chi connectivity index (χ2v) is 5.98. The first-order valence-corrected chi connectivity index (χ1v) is 6.75. The number of pyridine rings is 1. The molecule has 1 N–H and O–H groups in total. The molecule has 0 aliphatic heterocycles. The lowest BCUT2D eigenvalue weighted by atomic mass is 9.97. The van der Waals surface area contributed by atoms with Gasteiger partial charge in [-0.2, -0.15) is 4.98 Å². The van der Waals surface area contributed by atoms with E-state index in [0.29, 0.717) is 28.8 Å². The Hall–Kier alpha value is -2.77. The van der Waals surface area contributed by atoms with Gasteiger partial charge in [0, 0.05) is 11.6 Å². The van der Waals surface area contributed by atoms with Gasteiger partial charge in [-0.3, -0.25) is 9.20 Å². The van der Waals surface area contributed by atoms with Gasteiger partial charge in [0.15, 0.2) is 5.65 Å². The number of carbonyl (C=O) groups is 1. The Morgan fingerprint density at radius 1 is 1.36 bits per heavy atom. The van der Waals surface area contributed by atoms with Crippen LogP contribution in [0.1, 0.15) is 32.5 Å². The van der Waals surface area contributed by atoms with E-state index in [0.717, 1.165) is 0 Å². The van der Waals surface area contributed by atoms with Crippen LogP contribution in [0.5, 0.6) is 0 Å². The molecule has 0 saturated carbocycles. The van der Waals surface area contributed by atoms with Gasteiger partial charge in [0.25, 0.3) is 0 Å². The second-order valence-electron chi connectivity index (χ2n) is 5.98. The smallest absolute Gasteiger partial charge is 0.311 e. The van der Waals surface area contributed by atoms with E-state index in [9.17, 15) is 4.79 Å². The molecule has 3 heterocycles. The molecule has 0 radical (unpaired) electrons. The third-order valence-corrected chi connectivity index (χ3v) is 3.12. The Labute approximate surface area is 125 Å². The summed E-state index contributed by atoms with van der Waals surface area (Å²) in [6.07, 6.45) is 1.51. The Morgan fingerprint density at radius 3 is 2.77 bits per heavy atom. The molecular formula is C14H15N5O3. The number of fused-ring (bicyclic) bond motifs is 1. The Balaban J connectivity index is 2.10. The summed E-state index contributed by atoms with van der Waals surface area (Å²) in [7, 11) is 0. The summed E-state index contributed by atoms with van der Waals surface area (Å²) in [6, 6.07) is 3.57. The van der Waals surface area contributed by atoms with E-state index in [1.165, 1.54) is 0 Å². The predicted molar refractivity (Wildman–Crippen MR) is 76.3 cm³/mol. The maximum atomic E-state index is 10.9. The van der Waals surface area contributed by atoms with Gasteiger partial charge in [-0.05, 0) is 12.1 Å². The summed E-state index contributed by atoms with van der Waals surface area (Å²) in [5.41, 5.74) is 0.893. The minimum Gasteiger partial charge on any atom is -0.481 e. The van der Waals surface area contributed by atoms with Crippen LogP contribution in [-0.2, 0) is 16.6 Å². The molecule has 0 fully saturated rings. The zero-order valence-electron chi connectivity index (χ0n) is 12.4. The first-order chi connectivity index (χ1) is 10.4. The van der Waals surface area contributed by atoms with E-state index in [1.54, 1.807) is 22.7 Å². The maximum Gasteiger partial charge on any atom is 0.311 e. The summed E-state index contributed by atoms with van der Waals surface area (Å²) in [4.78, 5) is 15.3. The summed E-state index contributed by atoms with van der Waals surface area (Å²) >= 11 is 0. The molecule has 0 spiro atoms. The van der Waals surface area contributed by atoms with E-state index >= 15 is 0 Å². The van der Waals surface area contributed by atoms with Gasteiger partial charge < -0.3 is 9.63 Å². The molecule has 114 valence electrons. The molecule has 0 aliphatic rings. The summed E-state index contributed by atoms with van der Waals surface area (Å²) < 4.78 is 6.91. The fourth-order valence-corrected chi connectivity index (χ4v) is 2.03. The van der Waals surface area contributed by atoms with E-state index < -0.39 is 5.97 Å². The number of carboxylic acid groups (broad SMARTS) is 1. The average Bonchev–Trinajstić information content (AvgIpc) is 3.04. The topological polar surface area (TPSA) is 106 Å². The highest BCUT2D eigenvalue weighted by Crippen LogP contribution is 2.25. The zero-order valence-corrected chi connectivity index (χ0v) is 12.4. The number of hydrogen-bond acceptors (Lipinski definition) is 6. The van der Waals surface area contributed by atoms with Crippen LogP contribution in [-0.4, -0.2) is 35.8 Å². The highest BCUT2D eigenvalue weighted by molar-refractivity contribution is 5.74. The lowest BCUT2D eigenvalue weighted by molar-refractivity contribution is -0.136. The first-order valence-electron chi connectivity index (χ1n) is 6.75. The fourth-order valence-electron chi connectivity index (χ4n) is 2.03. The van der Waals surface area contributed by atoms with Crippen LogP contribution >= 0.6 is 0 Å². The lowest BCUT2D eigenvalue weighted by Crippen LogP contribution is -2.11.